The highest BCUT2D eigenvalue weighted by Crippen LogP contribution is 2.57. The molecule has 3 unspecified atom stereocenters. The van der Waals surface area contributed by atoms with Gasteiger partial charge in [-0.05, 0) is 42.7 Å². The monoisotopic (exact) mass is 189 g/mol. The Labute approximate surface area is 86.3 Å². The summed E-state index contributed by atoms with van der Waals surface area (Å²) in [4.78, 5) is 0. The first kappa shape index (κ1) is 8.72. The number of hydrogen-bond acceptors (Lipinski definition) is 1. The molecule has 1 heteroatoms. The Morgan fingerprint density at radius 2 is 2.36 bits per heavy atom. The molecule has 0 aliphatic heterocycles. The Morgan fingerprint density at radius 1 is 1.50 bits per heavy atom. The van der Waals surface area contributed by atoms with Crippen LogP contribution in [-0.2, 0) is 0 Å². The van der Waals surface area contributed by atoms with E-state index in [1.807, 2.05) is 0 Å². The van der Waals surface area contributed by atoms with E-state index in [4.69, 9.17) is 0 Å². The maximum atomic E-state index is 3.59. The lowest BCUT2D eigenvalue weighted by Crippen LogP contribution is -2.28. The summed E-state index contributed by atoms with van der Waals surface area (Å²) in [5, 5.41) is 3.59. The second-order valence-corrected chi connectivity index (χ2v) is 4.95. The first-order chi connectivity index (χ1) is 6.83. The molecule has 3 aliphatic rings. The van der Waals surface area contributed by atoms with E-state index < -0.39 is 0 Å². The minimum Gasteiger partial charge on any atom is -0.310 e. The van der Waals surface area contributed by atoms with E-state index in [1.54, 1.807) is 11.1 Å². The average Bonchev–Trinajstić information content (AvgIpc) is 2.70. The maximum Gasteiger partial charge on any atom is 0.0322 e. The third-order valence-corrected chi connectivity index (χ3v) is 4.25. The van der Waals surface area contributed by atoms with Crippen molar-refractivity contribution in [1.82, 2.24) is 5.32 Å². The van der Waals surface area contributed by atoms with Crippen molar-refractivity contribution in [2.24, 2.45) is 17.8 Å². The van der Waals surface area contributed by atoms with E-state index in [2.05, 4.69) is 31.3 Å². The van der Waals surface area contributed by atoms with Crippen LogP contribution in [0, 0.1) is 17.8 Å². The van der Waals surface area contributed by atoms with Gasteiger partial charge in [0.2, 0.25) is 0 Å². The molecule has 0 heterocycles. The molecule has 0 saturated heterocycles. The quantitative estimate of drug-likeness (QED) is 0.704. The van der Waals surface area contributed by atoms with Crippen molar-refractivity contribution in [2.75, 3.05) is 6.54 Å². The lowest BCUT2D eigenvalue weighted by Gasteiger charge is -2.15. The van der Waals surface area contributed by atoms with Gasteiger partial charge in [0.05, 0.1) is 0 Å². The predicted molar refractivity (Wildman–Crippen MR) is 59.0 cm³/mol. The Morgan fingerprint density at radius 3 is 3.14 bits per heavy atom. The highest BCUT2D eigenvalue weighted by Gasteiger charge is 2.50. The molecule has 76 valence electrons. The zero-order valence-electron chi connectivity index (χ0n) is 9.09. The molecule has 0 radical (unpaired) electrons. The van der Waals surface area contributed by atoms with E-state index in [0.29, 0.717) is 6.04 Å². The Bertz CT molecular complexity index is 313. The summed E-state index contributed by atoms with van der Waals surface area (Å²) in [5.41, 5.74) is 3.42. The summed E-state index contributed by atoms with van der Waals surface area (Å²) < 4.78 is 0. The molecule has 1 N–H and O–H groups in total. The van der Waals surface area contributed by atoms with Crippen molar-refractivity contribution in [3.05, 3.63) is 23.3 Å². The molecule has 1 fully saturated rings. The Hall–Kier alpha value is -0.560. The maximum absolute atomic E-state index is 3.59. The minimum absolute atomic E-state index is 0.667. The van der Waals surface area contributed by atoms with E-state index in [0.717, 1.165) is 24.3 Å². The topological polar surface area (TPSA) is 12.0 Å². The summed E-state index contributed by atoms with van der Waals surface area (Å²) in [6.45, 7) is 5.70. The molecule has 0 bridgehead atoms. The molecule has 0 spiro atoms. The predicted octanol–water partition coefficient (Wildman–Crippen LogP) is 2.51. The van der Waals surface area contributed by atoms with Gasteiger partial charge in [-0.15, -0.1) is 0 Å². The van der Waals surface area contributed by atoms with Crippen LogP contribution in [0.5, 0.6) is 0 Å². The first-order valence-electron chi connectivity index (χ1n) is 5.97. The van der Waals surface area contributed by atoms with Crippen LogP contribution in [0.1, 0.15) is 26.7 Å². The van der Waals surface area contributed by atoms with Crippen LogP contribution in [-0.4, -0.2) is 12.6 Å². The van der Waals surface area contributed by atoms with Gasteiger partial charge in [0.1, 0.15) is 0 Å². The van der Waals surface area contributed by atoms with Gasteiger partial charge in [0.15, 0.2) is 0 Å². The molecule has 14 heavy (non-hydrogen) atoms. The smallest absolute Gasteiger partial charge is 0.0322 e. The van der Waals surface area contributed by atoms with Gasteiger partial charge in [-0.1, -0.05) is 31.6 Å². The highest BCUT2D eigenvalue weighted by molar-refractivity contribution is 5.45. The van der Waals surface area contributed by atoms with Crippen molar-refractivity contribution >= 4 is 0 Å². The number of rotatable bonds is 2. The zero-order valence-corrected chi connectivity index (χ0v) is 9.09. The van der Waals surface area contributed by atoms with Crippen LogP contribution < -0.4 is 5.32 Å². The third-order valence-electron chi connectivity index (χ3n) is 4.25. The molecule has 0 amide bonds. The van der Waals surface area contributed by atoms with Crippen LogP contribution in [0.2, 0.25) is 0 Å². The fraction of sp³-hybridized carbons (Fsp3) is 0.692. The molecular formula is C13H19N. The summed E-state index contributed by atoms with van der Waals surface area (Å²) in [6, 6.07) is 0.667. The van der Waals surface area contributed by atoms with Crippen LogP contribution in [0.15, 0.2) is 23.3 Å². The fourth-order valence-corrected chi connectivity index (χ4v) is 3.42. The van der Waals surface area contributed by atoms with Gasteiger partial charge < -0.3 is 5.32 Å². The van der Waals surface area contributed by atoms with Crippen molar-refractivity contribution in [3.8, 4) is 0 Å². The van der Waals surface area contributed by atoms with Gasteiger partial charge in [-0.3, -0.25) is 0 Å². The number of fused-ring (bicyclic) bond motifs is 2. The van der Waals surface area contributed by atoms with Gasteiger partial charge in [0, 0.05) is 6.04 Å². The Balaban J connectivity index is 1.86. The van der Waals surface area contributed by atoms with Crippen LogP contribution in [0.3, 0.4) is 0 Å². The molecule has 4 atom stereocenters. The van der Waals surface area contributed by atoms with Gasteiger partial charge in [-0.25, -0.2) is 0 Å². The molecule has 0 aromatic carbocycles. The standard InChI is InChI=1S/C13H19N/c1-3-14-12-7-6-11-10(12)5-4-9-8(2)13(9)11/h4-5,8-9,12-14H,3,6-7H2,1-2H3/t8?,9?,12-,13?/m1/s1. The normalized spacial score (nSPS) is 43.9. The number of nitrogens with one attached hydrogen (secondary N) is 1. The van der Waals surface area contributed by atoms with Crippen molar-refractivity contribution in [3.63, 3.8) is 0 Å². The summed E-state index contributed by atoms with van der Waals surface area (Å²) in [6.07, 6.45) is 7.53. The highest BCUT2D eigenvalue weighted by atomic mass is 14.9. The van der Waals surface area contributed by atoms with Crippen molar-refractivity contribution < 1.29 is 0 Å². The molecule has 3 aliphatic carbocycles. The number of likely N-dealkylation sites (N-methyl/N-ethyl adjacent to an activating group) is 1. The molecule has 3 rings (SSSR count). The summed E-state index contributed by atoms with van der Waals surface area (Å²) in [5.74, 6) is 2.76. The molecule has 1 nitrogen and oxygen atoms in total. The third kappa shape index (κ3) is 1.05. The lowest BCUT2D eigenvalue weighted by molar-refractivity contribution is 0.589. The SMILES string of the molecule is CCN[C@@H]1CCC2=C1C=CC1C(C)C21. The van der Waals surface area contributed by atoms with Gasteiger partial charge in [0.25, 0.3) is 0 Å². The van der Waals surface area contributed by atoms with Crippen LogP contribution in [0.4, 0.5) is 0 Å². The molecule has 0 aromatic heterocycles. The number of hydrogen-bond donors (Lipinski definition) is 1. The van der Waals surface area contributed by atoms with Crippen molar-refractivity contribution in [1.29, 1.82) is 0 Å². The minimum atomic E-state index is 0.667. The molecule has 1 saturated carbocycles. The Kier molecular flexibility index (Phi) is 1.85. The molecule has 0 aromatic rings. The lowest BCUT2D eigenvalue weighted by atomic mass is 9.98. The van der Waals surface area contributed by atoms with Crippen LogP contribution >= 0.6 is 0 Å². The zero-order chi connectivity index (χ0) is 9.71. The van der Waals surface area contributed by atoms with Gasteiger partial charge >= 0.3 is 0 Å². The summed E-state index contributed by atoms with van der Waals surface area (Å²) in [7, 11) is 0. The van der Waals surface area contributed by atoms with E-state index in [9.17, 15) is 0 Å². The number of allylic oxidation sites excluding steroid dienone is 2. The molecular weight excluding hydrogens is 170 g/mol. The van der Waals surface area contributed by atoms with Gasteiger partial charge in [-0.2, -0.15) is 0 Å². The summed E-state index contributed by atoms with van der Waals surface area (Å²) >= 11 is 0. The van der Waals surface area contributed by atoms with Crippen molar-refractivity contribution in [2.45, 2.75) is 32.7 Å². The van der Waals surface area contributed by atoms with E-state index >= 15 is 0 Å². The fourth-order valence-electron chi connectivity index (χ4n) is 3.42. The second-order valence-electron chi connectivity index (χ2n) is 4.95. The second kappa shape index (κ2) is 2.96. The first-order valence-corrected chi connectivity index (χ1v) is 5.97. The largest absolute Gasteiger partial charge is 0.310 e. The van der Waals surface area contributed by atoms with E-state index in [1.165, 1.54) is 12.8 Å². The average molecular weight is 189 g/mol. The van der Waals surface area contributed by atoms with Crippen LogP contribution in [0.25, 0.3) is 0 Å². The van der Waals surface area contributed by atoms with E-state index in [-0.39, 0.29) is 0 Å².